The Morgan fingerprint density at radius 2 is 2.40 bits per heavy atom. The van der Waals surface area contributed by atoms with Crippen LogP contribution in [0.15, 0.2) is 6.33 Å². The van der Waals surface area contributed by atoms with E-state index in [-0.39, 0.29) is 6.10 Å². The summed E-state index contributed by atoms with van der Waals surface area (Å²) in [7, 11) is 0. The van der Waals surface area contributed by atoms with Crippen LogP contribution >= 0.6 is 11.8 Å². The number of nitrogens with zero attached hydrogens (tertiary/aromatic N) is 3. The Bertz CT molecular complexity index is 390. The average Bonchev–Trinajstić information content (AvgIpc) is 2.92. The van der Waals surface area contributed by atoms with Crippen molar-refractivity contribution in [2.75, 3.05) is 24.7 Å². The van der Waals surface area contributed by atoms with Crippen molar-refractivity contribution in [1.29, 1.82) is 0 Å². The second-order valence-electron chi connectivity index (χ2n) is 5.46. The molecule has 0 aliphatic carbocycles. The lowest BCUT2D eigenvalue weighted by Gasteiger charge is -2.31. The van der Waals surface area contributed by atoms with Gasteiger partial charge in [0.05, 0.1) is 12.7 Å². The third kappa shape index (κ3) is 4.20. The highest BCUT2D eigenvalue weighted by molar-refractivity contribution is 7.99. The summed E-state index contributed by atoms with van der Waals surface area (Å²) in [5, 5.41) is 7.95. The molecule has 5 nitrogen and oxygen atoms in total. The summed E-state index contributed by atoms with van der Waals surface area (Å²) in [6.07, 6.45) is 3.94. The molecule has 1 aliphatic rings. The maximum atomic E-state index is 5.95. The standard InChI is InChI=1S/C14H26N4OS/c1-4-5-15-12(13-9-20-7-6-19-13)8-14-16-10-17-18(14)11(2)3/h10-13,15H,4-9H2,1-3H3. The van der Waals surface area contributed by atoms with Crippen LogP contribution in [0.1, 0.15) is 39.1 Å². The molecular formula is C14H26N4OS. The van der Waals surface area contributed by atoms with Crippen molar-refractivity contribution in [1.82, 2.24) is 20.1 Å². The van der Waals surface area contributed by atoms with E-state index in [0.717, 1.165) is 43.3 Å². The van der Waals surface area contributed by atoms with E-state index < -0.39 is 0 Å². The molecule has 0 aromatic carbocycles. The van der Waals surface area contributed by atoms with E-state index in [1.807, 2.05) is 16.4 Å². The van der Waals surface area contributed by atoms with Gasteiger partial charge in [0.1, 0.15) is 12.2 Å². The van der Waals surface area contributed by atoms with Gasteiger partial charge in [-0.05, 0) is 26.8 Å². The van der Waals surface area contributed by atoms with Gasteiger partial charge < -0.3 is 10.1 Å². The van der Waals surface area contributed by atoms with E-state index >= 15 is 0 Å². The van der Waals surface area contributed by atoms with Gasteiger partial charge in [-0.3, -0.25) is 0 Å². The SMILES string of the molecule is CCCNC(Cc1ncnn1C(C)C)C1CSCCO1. The number of hydrogen-bond donors (Lipinski definition) is 1. The van der Waals surface area contributed by atoms with Crippen molar-refractivity contribution in [3.8, 4) is 0 Å². The zero-order chi connectivity index (χ0) is 14.4. The molecule has 1 fully saturated rings. The topological polar surface area (TPSA) is 52.0 Å². The first-order valence-corrected chi connectivity index (χ1v) is 8.69. The highest BCUT2D eigenvalue weighted by Crippen LogP contribution is 2.18. The number of ether oxygens (including phenoxy) is 1. The minimum Gasteiger partial charge on any atom is -0.375 e. The molecule has 0 amide bonds. The summed E-state index contributed by atoms with van der Waals surface area (Å²) in [6.45, 7) is 8.35. The molecule has 20 heavy (non-hydrogen) atoms. The second kappa shape index (κ2) is 8.00. The quantitative estimate of drug-likeness (QED) is 0.833. The van der Waals surface area contributed by atoms with Gasteiger partial charge in [0.2, 0.25) is 0 Å². The number of rotatable bonds is 7. The van der Waals surface area contributed by atoms with E-state index in [2.05, 4.69) is 36.2 Å². The van der Waals surface area contributed by atoms with Crippen molar-refractivity contribution < 1.29 is 4.74 Å². The number of aromatic nitrogens is 3. The van der Waals surface area contributed by atoms with Gasteiger partial charge in [0.15, 0.2) is 0 Å². The van der Waals surface area contributed by atoms with Gasteiger partial charge in [-0.1, -0.05) is 6.92 Å². The Kier molecular flexibility index (Phi) is 6.32. The average molecular weight is 298 g/mol. The molecule has 2 unspecified atom stereocenters. The Balaban J connectivity index is 2.03. The Morgan fingerprint density at radius 3 is 3.05 bits per heavy atom. The largest absolute Gasteiger partial charge is 0.375 e. The lowest BCUT2D eigenvalue weighted by atomic mass is 10.1. The van der Waals surface area contributed by atoms with Gasteiger partial charge in [-0.15, -0.1) is 0 Å². The molecule has 1 N–H and O–H groups in total. The third-order valence-electron chi connectivity index (χ3n) is 3.49. The molecule has 0 spiro atoms. The normalized spacial score (nSPS) is 21.3. The first-order chi connectivity index (χ1) is 9.72. The van der Waals surface area contributed by atoms with Gasteiger partial charge in [-0.25, -0.2) is 9.67 Å². The highest BCUT2D eigenvalue weighted by atomic mass is 32.2. The Hall–Kier alpha value is -0.590. The van der Waals surface area contributed by atoms with E-state index in [4.69, 9.17) is 4.74 Å². The lowest BCUT2D eigenvalue weighted by Crippen LogP contribution is -2.47. The summed E-state index contributed by atoms with van der Waals surface area (Å²) in [5.74, 6) is 3.23. The maximum absolute atomic E-state index is 5.95. The summed E-state index contributed by atoms with van der Waals surface area (Å²) >= 11 is 1.98. The van der Waals surface area contributed by atoms with Crippen LogP contribution in [-0.2, 0) is 11.2 Å². The molecule has 1 aromatic rings. The van der Waals surface area contributed by atoms with E-state index in [9.17, 15) is 0 Å². The third-order valence-corrected chi connectivity index (χ3v) is 4.51. The predicted molar refractivity (Wildman–Crippen MR) is 83.3 cm³/mol. The minimum atomic E-state index is 0.276. The number of nitrogens with one attached hydrogen (secondary N) is 1. The zero-order valence-corrected chi connectivity index (χ0v) is 13.5. The van der Waals surface area contributed by atoms with Crippen LogP contribution in [-0.4, -0.2) is 51.6 Å². The predicted octanol–water partition coefficient (Wildman–Crippen LogP) is 1.90. The van der Waals surface area contributed by atoms with Gasteiger partial charge in [0, 0.05) is 30.0 Å². The summed E-state index contributed by atoms with van der Waals surface area (Å²) in [4.78, 5) is 4.43. The number of hydrogen-bond acceptors (Lipinski definition) is 5. The smallest absolute Gasteiger partial charge is 0.138 e. The van der Waals surface area contributed by atoms with Crippen molar-refractivity contribution in [3.05, 3.63) is 12.2 Å². The van der Waals surface area contributed by atoms with Crippen molar-refractivity contribution >= 4 is 11.8 Å². The molecule has 1 aromatic heterocycles. The van der Waals surface area contributed by atoms with Crippen LogP contribution in [0.5, 0.6) is 0 Å². The van der Waals surface area contributed by atoms with Crippen LogP contribution < -0.4 is 5.32 Å². The van der Waals surface area contributed by atoms with Crippen LogP contribution in [0, 0.1) is 0 Å². The van der Waals surface area contributed by atoms with Crippen molar-refractivity contribution in [2.45, 2.75) is 51.8 Å². The Labute approximate surface area is 125 Å². The molecule has 0 saturated carbocycles. The van der Waals surface area contributed by atoms with Crippen LogP contribution in [0.25, 0.3) is 0 Å². The molecule has 2 heterocycles. The molecule has 2 atom stereocenters. The van der Waals surface area contributed by atoms with Gasteiger partial charge in [0.25, 0.3) is 0 Å². The Morgan fingerprint density at radius 1 is 1.55 bits per heavy atom. The second-order valence-corrected chi connectivity index (χ2v) is 6.61. The molecule has 114 valence electrons. The van der Waals surface area contributed by atoms with E-state index in [1.54, 1.807) is 6.33 Å². The molecule has 0 bridgehead atoms. The van der Waals surface area contributed by atoms with Crippen LogP contribution in [0.3, 0.4) is 0 Å². The summed E-state index contributed by atoms with van der Waals surface area (Å²) in [6, 6.07) is 0.672. The molecule has 1 aliphatic heterocycles. The van der Waals surface area contributed by atoms with Crippen LogP contribution in [0.2, 0.25) is 0 Å². The lowest BCUT2D eigenvalue weighted by molar-refractivity contribution is 0.0463. The van der Waals surface area contributed by atoms with Crippen molar-refractivity contribution in [3.63, 3.8) is 0 Å². The van der Waals surface area contributed by atoms with E-state index in [1.165, 1.54) is 0 Å². The molecular weight excluding hydrogens is 272 g/mol. The summed E-state index contributed by atoms with van der Waals surface area (Å²) < 4.78 is 7.96. The molecule has 1 saturated heterocycles. The van der Waals surface area contributed by atoms with Gasteiger partial charge >= 0.3 is 0 Å². The highest BCUT2D eigenvalue weighted by Gasteiger charge is 2.26. The number of thioether (sulfide) groups is 1. The minimum absolute atomic E-state index is 0.276. The fourth-order valence-corrected chi connectivity index (χ4v) is 3.39. The summed E-state index contributed by atoms with van der Waals surface area (Å²) in [5.41, 5.74) is 0. The monoisotopic (exact) mass is 298 g/mol. The zero-order valence-electron chi connectivity index (χ0n) is 12.7. The fourth-order valence-electron chi connectivity index (χ4n) is 2.45. The molecule has 2 rings (SSSR count). The molecule has 6 heteroatoms. The fraction of sp³-hybridized carbons (Fsp3) is 0.857. The van der Waals surface area contributed by atoms with Crippen LogP contribution in [0.4, 0.5) is 0 Å². The first-order valence-electron chi connectivity index (χ1n) is 7.53. The first kappa shape index (κ1) is 15.8. The van der Waals surface area contributed by atoms with Gasteiger partial charge in [-0.2, -0.15) is 16.9 Å². The van der Waals surface area contributed by atoms with Crippen molar-refractivity contribution in [2.24, 2.45) is 0 Å². The van der Waals surface area contributed by atoms with E-state index in [0.29, 0.717) is 12.1 Å². The molecule has 0 radical (unpaired) electrons. The maximum Gasteiger partial charge on any atom is 0.138 e.